The number of benzene rings is 1. The summed E-state index contributed by atoms with van der Waals surface area (Å²) in [5, 5.41) is 2.86. The molecule has 0 unspecified atom stereocenters. The molecule has 1 saturated heterocycles. The van der Waals surface area contributed by atoms with Crippen molar-refractivity contribution < 1.29 is 18.0 Å². The van der Waals surface area contributed by atoms with Crippen molar-refractivity contribution in [1.29, 1.82) is 0 Å². The highest BCUT2D eigenvalue weighted by Gasteiger charge is 2.28. The van der Waals surface area contributed by atoms with Gasteiger partial charge < -0.3 is 14.8 Å². The van der Waals surface area contributed by atoms with Crippen molar-refractivity contribution in [2.75, 3.05) is 26.7 Å². The molecule has 0 atom stereocenters. The number of aromatic nitrogens is 2. The largest absolute Gasteiger partial charge is 0.350 e. The van der Waals surface area contributed by atoms with E-state index in [4.69, 9.17) is 4.98 Å². The predicted octanol–water partition coefficient (Wildman–Crippen LogP) is 2.54. The van der Waals surface area contributed by atoms with E-state index in [-0.39, 0.29) is 35.2 Å². The summed E-state index contributed by atoms with van der Waals surface area (Å²) in [4.78, 5) is 31.2. The first-order valence-electron chi connectivity index (χ1n) is 12.0. The average Bonchev–Trinajstić information content (AvgIpc) is 3.39. The molecule has 0 radical (unpaired) electrons. The van der Waals surface area contributed by atoms with Crippen molar-refractivity contribution in [3.05, 3.63) is 24.0 Å². The van der Waals surface area contributed by atoms with Gasteiger partial charge >= 0.3 is 0 Å². The van der Waals surface area contributed by atoms with E-state index < -0.39 is 10.0 Å². The second kappa shape index (κ2) is 10.4. The Morgan fingerprint density at radius 1 is 1.18 bits per heavy atom. The molecule has 0 aliphatic carbocycles. The number of sulfonamides is 1. The van der Waals surface area contributed by atoms with Gasteiger partial charge in [0, 0.05) is 45.1 Å². The van der Waals surface area contributed by atoms with Gasteiger partial charge in [-0.2, -0.15) is 4.31 Å². The van der Waals surface area contributed by atoms with Gasteiger partial charge in [-0.25, -0.2) is 13.4 Å². The third kappa shape index (κ3) is 6.15. The summed E-state index contributed by atoms with van der Waals surface area (Å²) in [6.07, 6.45) is 3.28. The minimum atomic E-state index is -3.52. The lowest BCUT2D eigenvalue weighted by molar-refractivity contribution is -0.135. The summed E-state index contributed by atoms with van der Waals surface area (Å²) in [5.41, 5.74) is 1.13. The van der Waals surface area contributed by atoms with E-state index in [0.717, 1.165) is 37.1 Å². The van der Waals surface area contributed by atoms with Gasteiger partial charge in [-0.05, 0) is 58.2 Å². The highest BCUT2D eigenvalue weighted by Crippen LogP contribution is 2.26. The molecule has 1 N–H and O–H groups in total. The molecule has 10 heteroatoms. The van der Waals surface area contributed by atoms with E-state index in [0.29, 0.717) is 25.0 Å². The van der Waals surface area contributed by atoms with Gasteiger partial charge in [0.25, 0.3) is 0 Å². The molecule has 1 aliphatic rings. The Hall–Kier alpha value is -2.46. The topological polar surface area (TPSA) is 105 Å². The summed E-state index contributed by atoms with van der Waals surface area (Å²) in [6, 6.07) is 5.11. The fourth-order valence-electron chi connectivity index (χ4n) is 4.23. The van der Waals surface area contributed by atoms with E-state index in [1.165, 1.54) is 9.21 Å². The number of hydrogen-bond donors (Lipinski definition) is 1. The van der Waals surface area contributed by atoms with Crippen LogP contribution in [0.15, 0.2) is 23.1 Å². The molecule has 188 valence electrons. The predicted molar refractivity (Wildman–Crippen MR) is 132 cm³/mol. The van der Waals surface area contributed by atoms with E-state index in [1.54, 1.807) is 19.2 Å². The molecule has 1 aromatic heterocycles. The monoisotopic (exact) mass is 491 g/mol. The number of carbonyl (C=O) groups is 2. The summed E-state index contributed by atoms with van der Waals surface area (Å²) < 4.78 is 29.5. The lowest BCUT2D eigenvalue weighted by atomic mass is 10.1. The van der Waals surface area contributed by atoms with E-state index in [2.05, 4.69) is 16.8 Å². The molecule has 0 bridgehead atoms. The number of imidazole rings is 1. The van der Waals surface area contributed by atoms with Crippen molar-refractivity contribution in [3.63, 3.8) is 0 Å². The van der Waals surface area contributed by atoms with Crippen molar-refractivity contribution in [2.24, 2.45) is 0 Å². The minimum absolute atomic E-state index is 0.000795. The molecule has 9 nitrogen and oxygen atoms in total. The van der Waals surface area contributed by atoms with Crippen LogP contribution in [0.3, 0.4) is 0 Å². The van der Waals surface area contributed by atoms with E-state index in [9.17, 15) is 18.0 Å². The zero-order chi connectivity index (χ0) is 25.1. The van der Waals surface area contributed by atoms with Crippen LogP contribution in [0.5, 0.6) is 0 Å². The smallest absolute Gasteiger partial charge is 0.243 e. The van der Waals surface area contributed by atoms with E-state index >= 15 is 0 Å². The molecule has 0 spiro atoms. The number of aryl methyl sites for hydroxylation is 2. The van der Waals surface area contributed by atoms with Crippen LogP contribution in [0.4, 0.5) is 0 Å². The second-order valence-electron chi connectivity index (χ2n) is 9.99. The maximum atomic E-state index is 13.0. The van der Waals surface area contributed by atoms with Gasteiger partial charge in [0.2, 0.25) is 21.8 Å². The highest BCUT2D eigenvalue weighted by molar-refractivity contribution is 7.89. The Morgan fingerprint density at radius 3 is 2.47 bits per heavy atom. The SMILES string of the molecule is CCCn1c(CCC(=O)N(C)CC(=O)NC(C)(C)C)nc2cc(S(=O)(=O)N3CCCC3)ccc21. The zero-order valence-electron chi connectivity index (χ0n) is 20.9. The third-order valence-corrected chi connectivity index (χ3v) is 7.73. The number of hydrogen-bond acceptors (Lipinski definition) is 5. The number of likely N-dealkylation sites (N-methyl/N-ethyl adjacent to an activating group) is 1. The van der Waals surface area contributed by atoms with Gasteiger partial charge in [-0.15, -0.1) is 0 Å². The van der Waals surface area contributed by atoms with Gasteiger partial charge in [-0.3, -0.25) is 9.59 Å². The Balaban J connectivity index is 1.75. The van der Waals surface area contributed by atoms with Crippen molar-refractivity contribution in [1.82, 2.24) is 24.1 Å². The normalized spacial score (nSPS) is 15.1. The zero-order valence-corrected chi connectivity index (χ0v) is 21.7. The highest BCUT2D eigenvalue weighted by atomic mass is 32.2. The number of nitrogens with one attached hydrogen (secondary N) is 1. The van der Waals surface area contributed by atoms with Gasteiger partial charge in [0.15, 0.2) is 0 Å². The summed E-state index contributed by atoms with van der Waals surface area (Å²) in [6.45, 7) is 9.58. The Bertz CT molecular complexity index is 1140. The molecule has 1 aromatic carbocycles. The standard InChI is InChI=1S/C24H37N5O4S/c1-6-13-29-20-10-9-18(34(32,33)28-14-7-8-15-28)16-19(20)25-21(29)11-12-23(31)27(5)17-22(30)26-24(2,3)4/h9-10,16H,6-8,11-15,17H2,1-5H3,(H,26,30). The molecule has 2 amide bonds. The molecule has 3 rings (SSSR count). The summed E-state index contributed by atoms with van der Waals surface area (Å²) in [7, 11) is -1.90. The van der Waals surface area contributed by atoms with Crippen LogP contribution in [0, 0.1) is 0 Å². The fraction of sp³-hybridized carbons (Fsp3) is 0.625. The van der Waals surface area contributed by atoms with Crippen LogP contribution in [0.1, 0.15) is 59.2 Å². The first-order valence-corrected chi connectivity index (χ1v) is 13.4. The van der Waals surface area contributed by atoms with Crippen LogP contribution in [-0.2, 0) is 32.6 Å². The molecule has 2 heterocycles. The van der Waals surface area contributed by atoms with Crippen LogP contribution >= 0.6 is 0 Å². The third-order valence-electron chi connectivity index (χ3n) is 5.83. The second-order valence-corrected chi connectivity index (χ2v) is 11.9. The number of carbonyl (C=O) groups excluding carboxylic acids is 2. The van der Waals surface area contributed by atoms with Crippen LogP contribution in [0.2, 0.25) is 0 Å². The summed E-state index contributed by atoms with van der Waals surface area (Å²) >= 11 is 0. The van der Waals surface area contributed by atoms with E-state index in [1.807, 2.05) is 26.8 Å². The Morgan fingerprint density at radius 2 is 1.85 bits per heavy atom. The lowest BCUT2D eigenvalue weighted by Gasteiger charge is -2.23. The van der Waals surface area contributed by atoms with Crippen LogP contribution < -0.4 is 5.32 Å². The molecular formula is C24H37N5O4S. The van der Waals surface area contributed by atoms with Crippen LogP contribution in [-0.4, -0.2) is 71.2 Å². The van der Waals surface area contributed by atoms with Crippen molar-refractivity contribution >= 4 is 32.9 Å². The Kier molecular flexibility index (Phi) is 8.02. The molecule has 1 fully saturated rings. The minimum Gasteiger partial charge on any atom is -0.350 e. The number of nitrogens with zero attached hydrogens (tertiary/aromatic N) is 4. The van der Waals surface area contributed by atoms with Crippen LogP contribution in [0.25, 0.3) is 11.0 Å². The quantitative estimate of drug-likeness (QED) is 0.580. The lowest BCUT2D eigenvalue weighted by Crippen LogP contribution is -2.46. The number of amides is 2. The number of fused-ring (bicyclic) bond motifs is 1. The first-order chi connectivity index (χ1) is 15.9. The molecule has 0 saturated carbocycles. The van der Waals surface area contributed by atoms with Gasteiger partial charge in [0.1, 0.15) is 5.82 Å². The molecular weight excluding hydrogens is 454 g/mol. The Labute approximate surface area is 202 Å². The first kappa shape index (κ1) is 26.2. The number of rotatable bonds is 9. The average molecular weight is 492 g/mol. The molecule has 34 heavy (non-hydrogen) atoms. The summed E-state index contributed by atoms with van der Waals surface area (Å²) in [5.74, 6) is 0.401. The molecule has 1 aliphatic heterocycles. The fourth-order valence-corrected chi connectivity index (χ4v) is 5.77. The van der Waals surface area contributed by atoms with Crippen molar-refractivity contribution in [2.45, 2.75) is 76.8 Å². The van der Waals surface area contributed by atoms with Gasteiger partial charge in [-0.1, -0.05) is 6.92 Å². The van der Waals surface area contributed by atoms with Crippen molar-refractivity contribution in [3.8, 4) is 0 Å². The molecule has 2 aromatic rings. The maximum Gasteiger partial charge on any atom is 0.243 e. The van der Waals surface area contributed by atoms with Gasteiger partial charge in [0.05, 0.1) is 22.5 Å². The maximum absolute atomic E-state index is 13.0.